The number of ether oxygens (including phenoxy) is 1. The molecule has 8 heteroatoms. The van der Waals surface area contributed by atoms with E-state index in [1.165, 1.54) is 6.07 Å². The van der Waals surface area contributed by atoms with Crippen molar-refractivity contribution in [3.05, 3.63) is 41.1 Å². The minimum Gasteiger partial charge on any atom is -0.452 e. The number of carbonyl (C=O) groups excluding carboxylic acids is 2. The molecule has 24 heavy (non-hydrogen) atoms. The molecule has 0 saturated heterocycles. The Balaban J connectivity index is 2.11. The van der Waals surface area contributed by atoms with Crippen LogP contribution in [0.5, 0.6) is 0 Å². The van der Waals surface area contributed by atoms with Crippen LogP contribution >= 0.6 is 0 Å². The number of esters is 1. The highest BCUT2D eigenvalue weighted by Crippen LogP contribution is 2.21. The van der Waals surface area contributed by atoms with Gasteiger partial charge in [0.1, 0.15) is 6.54 Å². The molecule has 2 aromatic rings. The van der Waals surface area contributed by atoms with E-state index >= 15 is 0 Å². The normalized spacial score (nSPS) is 11.4. The van der Waals surface area contributed by atoms with Gasteiger partial charge in [0.15, 0.2) is 6.61 Å². The number of hydrogen-bond acceptors (Lipinski definition) is 4. The van der Waals surface area contributed by atoms with E-state index in [1.807, 2.05) is 13.0 Å². The number of halogens is 3. The molecule has 0 aliphatic heterocycles. The van der Waals surface area contributed by atoms with Crippen LogP contribution in [-0.4, -0.2) is 36.2 Å². The van der Waals surface area contributed by atoms with Crippen molar-refractivity contribution in [2.45, 2.75) is 20.0 Å². The van der Waals surface area contributed by atoms with E-state index in [9.17, 15) is 22.8 Å². The summed E-state index contributed by atoms with van der Waals surface area (Å²) >= 11 is 0. The van der Waals surface area contributed by atoms with E-state index in [1.54, 1.807) is 24.4 Å². The molecule has 1 aromatic heterocycles. The van der Waals surface area contributed by atoms with Gasteiger partial charge in [-0.15, -0.1) is 0 Å². The monoisotopic (exact) mass is 340 g/mol. The number of nitrogens with zero attached hydrogens (tertiary/aromatic N) is 1. The Hall–Kier alpha value is -2.64. The van der Waals surface area contributed by atoms with Gasteiger partial charge in [0.2, 0.25) is 0 Å². The number of fused-ring (bicyclic) bond motifs is 1. The van der Waals surface area contributed by atoms with E-state index in [4.69, 9.17) is 4.74 Å². The maximum Gasteiger partial charge on any atom is 0.405 e. The molecule has 0 aliphatic carbocycles. The third-order valence-electron chi connectivity index (χ3n) is 3.13. The standard InChI is InChI=1S/C16H15F3N2O3/c1-9-3-4-13-11(5-9)12(6-10(2)21-13)15(23)24-7-14(22)20-8-16(17,18)19/h3-6H,7-8H2,1-2H3,(H,20,22). The van der Waals surface area contributed by atoms with Crippen LogP contribution in [-0.2, 0) is 9.53 Å². The molecule has 5 nitrogen and oxygen atoms in total. The predicted octanol–water partition coefficient (Wildman–Crippen LogP) is 2.69. The van der Waals surface area contributed by atoms with Gasteiger partial charge in [-0.05, 0) is 32.0 Å². The topological polar surface area (TPSA) is 68.3 Å². The minimum absolute atomic E-state index is 0.213. The summed E-state index contributed by atoms with van der Waals surface area (Å²) in [5.41, 5.74) is 2.30. The van der Waals surface area contributed by atoms with Crippen molar-refractivity contribution in [3.63, 3.8) is 0 Å². The second-order valence-corrected chi connectivity index (χ2v) is 5.30. The molecule has 1 heterocycles. The minimum atomic E-state index is -4.52. The number of amides is 1. The van der Waals surface area contributed by atoms with Crippen LogP contribution in [0.3, 0.4) is 0 Å². The number of alkyl halides is 3. The van der Waals surface area contributed by atoms with E-state index in [0.29, 0.717) is 16.6 Å². The second-order valence-electron chi connectivity index (χ2n) is 5.30. The smallest absolute Gasteiger partial charge is 0.405 e. The number of pyridine rings is 1. The molecular formula is C16H15F3N2O3. The first-order chi connectivity index (χ1) is 11.2. The molecule has 0 unspecified atom stereocenters. The number of benzene rings is 1. The molecular weight excluding hydrogens is 325 g/mol. The zero-order chi connectivity index (χ0) is 17.9. The molecule has 0 atom stereocenters. The van der Waals surface area contributed by atoms with Crippen LogP contribution in [0.15, 0.2) is 24.3 Å². The van der Waals surface area contributed by atoms with Crippen molar-refractivity contribution in [3.8, 4) is 0 Å². The third-order valence-corrected chi connectivity index (χ3v) is 3.13. The molecule has 1 aromatic carbocycles. The highest BCUT2D eigenvalue weighted by Gasteiger charge is 2.27. The summed E-state index contributed by atoms with van der Waals surface area (Å²) in [5.74, 6) is -1.81. The number of carbonyl (C=O) groups is 2. The van der Waals surface area contributed by atoms with Gasteiger partial charge >= 0.3 is 12.1 Å². The molecule has 0 radical (unpaired) electrons. The molecule has 0 spiro atoms. The fourth-order valence-corrected chi connectivity index (χ4v) is 2.10. The SMILES string of the molecule is Cc1ccc2nc(C)cc(C(=O)OCC(=O)NCC(F)(F)F)c2c1. The van der Waals surface area contributed by atoms with Crippen LogP contribution in [0.4, 0.5) is 13.2 Å². The molecule has 1 N–H and O–H groups in total. The Bertz CT molecular complexity index is 788. The van der Waals surface area contributed by atoms with Crippen LogP contribution in [0.1, 0.15) is 21.6 Å². The lowest BCUT2D eigenvalue weighted by Gasteiger charge is -2.10. The number of aryl methyl sites for hydroxylation is 2. The van der Waals surface area contributed by atoms with E-state index in [0.717, 1.165) is 5.56 Å². The van der Waals surface area contributed by atoms with Crippen molar-refractivity contribution in [1.82, 2.24) is 10.3 Å². The summed E-state index contributed by atoms with van der Waals surface area (Å²) in [7, 11) is 0. The van der Waals surface area contributed by atoms with Crippen LogP contribution in [0, 0.1) is 13.8 Å². The first kappa shape index (κ1) is 17.7. The lowest BCUT2D eigenvalue weighted by molar-refractivity contribution is -0.140. The highest BCUT2D eigenvalue weighted by molar-refractivity contribution is 6.04. The van der Waals surface area contributed by atoms with Gasteiger partial charge in [-0.2, -0.15) is 13.2 Å². The second kappa shape index (κ2) is 6.86. The lowest BCUT2D eigenvalue weighted by atomic mass is 10.1. The van der Waals surface area contributed by atoms with Crippen LogP contribution < -0.4 is 5.32 Å². The predicted molar refractivity (Wildman–Crippen MR) is 80.6 cm³/mol. The van der Waals surface area contributed by atoms with Gasteiger partial charge in [0.05, 0.1) is 11.1 Å². The summed E-state index contributed by atoms with van der Waals surface area (Å²) in [5, 5.41) is 2.19. The summed E-state index contributed by atoms with van der Waals surface area (Å²) in [6.45, 7) is 1.29. The number of nitrogens with one attached hydrogen (secondary N) is 1. The molecule has 1 amide bonds. The van der Waals surface area contributed by atoms with E-state index < -0.39 is 31.2 Å². The average Bonchev–Trinajstić information content (AvgIpc) is 2.49. The van der Waals surface area contributed by atoms with Crippen LogP contribution in [0.2, 0.25) is 0 Å². The Kier molecular flexibility index (Phi) is 5.06. The summed E-state index contributed by atoms with van der Waals surface area (Å²) in [6, 6.07) is 6.86. The molecule has 2 rings (SSSR count). The number of hydrogen-bond donors (Lipinski definition) is 1. The first-order valence-electron chi connectivity index (χ1n) is 7.04. The fraction of sp³-hybridized carbons (Fsp3) is 0.312. The first-order valence-corrected chi connectivity index (χ1v) is 7.04. The maximum atomic E-state index is 12.2. The maximum absolute atomic E-state index is 12.2. The zero-order valence-electron chi connectivity index (χ0n) is 13.0. The number of rotatable bonds is 4. The van der Waals surface area contributed by atoms with E-state index in [-0.39, 0.29) is 5.56 Å². The van der Waals surface area contributed by atoms with Gasteiger partial charge < -0.3 is 10.1 Å². The average molecular weight is 340 g/mol. The van der Waals surface area contributed by atoms with Crippen molar-refractivity contribution in [2.24, 2.45) is 0 Å². The summed E-state index contributed by atoms with van der Waals surface area (Å²) < 4.78 is 40.8. The molecule has 0 bridgehead atoms. The molecule has 0 aliphatic rings. The Labute approximate surface area is 135 Å². The molecule has 0 saturated carbocycles. The van der Waals surface area contributed by atoms with Crippen LogP contribution in [0.25, 0.3) is 10.9 Å². The van der Waals surface area contributed by atoms with Gasteiger partial charge in [-0.25, -0.2) is 4.79 Å². The highest BCUT2D eigenvalue weighted by atomic mass is 19.4. The Morgan fingerprint density at radius 1 is 1.21 bits per heavy atom. The quantitative estimate of drug-likeness (QED) is 0.869. The third kappa shape index (κ3) is 4.68. The largest absolute Gasteiger partial charge is 0.452 e. The molecule has 128 valence electrons. The van der Waals surface area contributed by atoms with Crippen molar-refractivity contribution in [2.75, 3.05) is 13.2 Å². The number of aromatic nitrogens is 1. The van der Waals surface area contributed by atoms with E-state index in [2.05, 4.69) is 4.98 Å². The van der Waals surface area contributed by atoms with Gasteiger partial charge in [0, 0.05) is 11.1 Å². The fourth-order valence-electron chi connectivity index (χ4n) is 2.10. The Morgan fingerprint density at radius 2 is 1.92 bits per heavy atom. The lowest BCUT2D eigenvalue weighted by Crippen LogP contribution is -2.36. The van der Waals surface area contributed by atoms with Gasteiger partial charge in [-0.1, -0.05) is 11.6 Å². The van der Waals surface area contributed by atoms with Crippen molar-refractivity contribution in [1.29, 1.82) is 0 Å². The van der Waals surface area contributed by atoms with Gasteiger partial charge in [0.25, 0.3) is 5.91 Å². The summed E-state index contributed by atoms with van der Waals surface area (Å²) in [6.07, 6.45) is -4.52. The molecule has 0 fully saturated rings. The van der Waals surface area contributed by atoms with Crippen molar-refractivity contribution < 1.29 is 27.5 Å². The van der Waals surface area contributed by atoms with Crippen molar-refractivity contribution >= 4 is 22.8 Å². The Morgan fingerprint density at radius 3 is 2.58 bits per heavy atom. The zero-order valence-corrected chi connectivity index (χ0v) is 13.0. The summed E-state index contributed by atoms with van der Waals surface area (Å²) in [4.78, 5) is 27.8. The van der Waals surface area contributed by atoms with Gasteiger partial charge in [-0.3, -0.25) is 9.78 Å².